The smallest absolute Gasteiger partial charge is 0.420 e. The molecule has 5 rings (SSSR count). The summed E-state index contributed by atoms with van der Waals surface area (Å²) < 4.78 is 53.3. The summed E-state index contributed by atoms with van der Waals surface area (Å²) >= 11 is 0. The highest BCUT2D eigenvalue weighted by atomic mass is 19.4. The molecule has 3 aromatic rings. The van der Waals surface area contributed by atoms with Gasteiger partial charge in [0, 0.05) is 49.2 Å². The Hall–Kier alpha value is -4.04. The SMILES string of the molecule is C=C(CC#N)N1CCc2oc(-c3nc(Nc4ccc(OCCN5CCCC5)cc4)ncc3C(F)(F)F)cc2C1. The van der Waals surface area contributed by atoms with E-state index in [9.17, 15) is 13.2 Å². The van der Waals surface area contributed by atoms with Crippen molar-refractivity contribution in [2.75, 3.05) is 38.1 Å². The average molecular weight is 539 g/mol. The van der Waals surface area contributed by atoms with Gasteiger partial charge in [-0.1, -0.05) is 6.58 Å². The Morgan fingerprint density at radius 2 is 1.95 bits per heavy atom. The van der Waals surface area contributed by atoms with Gasteiger partial charge in [-0.3, -0.25) is 4.90 Å². The Bertz CT molecular complexity index is 1360. The van der Waals surface area contributed by atoms with E-state index in [2.05, 4.69) is 32.8 Å². The van der Waals surface area contributed by atoms with Crippen LogP contribution in [0, 0.1) is 11.3 Å². The van der Waals surface area contributed by atoms with E-state index in [4.69, 9.17) is 14.4 Å². The maximum Gasteiger partial charge on any atom is 0.420 e. The highest BCUT2D eigenvalue weighted by molar-refractivity contribution is 5.63. The minimum absolute atomic E-state index is 0.0131. The lowest BCUT2D eigenvalue weighted by molar-refractivity contribution is -0.137. The second kappa shape index (κ2) is 11.4. The molecule has 2 aliphatic heterocycles. The fourth-order valence-electron chi connectivity index (χ4n) is 4.82. The predicted octanol–water partition coefficient (Wildman–Crippen LogP) is 5.76. The van der Waals surface area contributed by atoms with Gasteiger partial charge in [-0.25, -0.2) is 9.97 Å². The number of nitrogens with zero attached hydrogens (tertiary/aromatic N) is 5. The number of nitriles is 1. The van der Waals surface area contributed by atoms with E-state index in [0.29, 0.717) is 49.0 Å². The molecule has 8 nitrogen and oxygen atoms in total. The van der Waals surface area contributed by atoms with Crippen LogP contribution in [0.4, 0.5) is 24.8 Å². The van der Waals surface area contributed by atoms with Crippen molar-refractivity contribution in [3.05, 3.63) is 65.7 Å². The lowest BCUT2D eigenvalue weighted by atomic mass is 10.1. The molecule has 0 spiro atoms. The van der Waals surface area contributed by atoms with Crippen LogP contribution in [0.15, 0.2) is 53.2 Å². The zero-order valence-corrected chi connectivity index (χ0v) is 21.4. The number of benzene rings is 1. The molecule has 0 saturated carbocycles. The Kier molecular flexibility index (Phi) is 7.74. The van der Waals surface area contributed by atoms with Crippen molar-refractivity contribution >= 4 is 11.6 Å². The van der Waals surface area contributed by atoms with Crippen LogP contribution >= 0.6 is 0 Å². The van der Waals surface area contributed by atoms with Crippen LogP contribution in [-0.2, 0) is 19.1 Å². The molecule has 4 heterocycles. The van der Waals surface area contributed by atoms with Gasteiger partial charge in [0.05, 0.1) is 12.5 Å². The van der Waals surface area contributed by atoms with Crippen molar-refractivity contribution in [3.63, 3.8) is 0 Å². The fourth-order valence-corrected chi connectivity index (χ4v) is 4.82. The molecule has 0 aliphatic carbocycles. The van der Waals surface area contributed by atoms with Crippen LogP contribution in [0.5, 0.6) is 5.75 Å². The zero-order chi connectivity index (χ0) is 27.4. The van der Waals surface area contributed by atoms with E-state index >= 15 is 0 Å². The highest BCUT2D eigenvalue weighted by Crippen LogP contribution is 2.39. The molecule has 0 radical (unpaired) electrons. The van der Waals surface area contributed by atoms with Crippen molar-refractivity contribution < 1.29 is 22.3 Å². The maximum atomic E-state index is 13.9. The molecule has 1 fully saturated rings. The Labute approximate surface area is 224 Å². The molecular formula is C28H29F3N6O2. The number of hydrogen-bond donors (Lipinski definition) is 1. The second-order valence-electron chi connectivity index (χ2n) is 9.63. The number of anilines is 2. The summed E-state index contributed by atoms with van der Waals surface area (Å²) in [5, 5.41) is 11.9. The molecular weight excluding hydrogens is 509 g/mol. The van der Waals surface area contributed by atoms with Crippen LogP contribution in [-0.4, -0.2) is 52.6 Å². The van der Waals surface area contributed by atoms with Crippen LogP contribution in [0.3, 0.4) is 0 Å². The Balaban J connectivity index is 1.31. The van der Waals surface area contributed by atoms with Gasteiger partial charge < -0.3 is 19.4 Å². The number of aromatic nitrogens is 2. The number of fused-ring (bicyclic) bond motifs is 1. The molecule has 1 N–H and O–H groups in total. The van der Waals surface area contributed by atoms with Crippen molar-refractivity contribution in [2.24, 2.45) is 0 Å². The molecule has 39 heavy (non-hydrogen) atoms. The fraction of sp³-hybridized carbons (Fsp3) is 0.393. The number of ether oxygens (including phenoxy) is 1. The quantitative estimate of drug-likeness (QED) is 0.368. The molecule has 2 aliphatic rings. The van der Waals surface area contributed by atoms with Gasteiger partial charge in [-0.15, -0.1) is 0 Å². The second-order valence-corrected chi connectivity index (χ2v) is 9.63. The third-order valence-electron chi connectivity index (χ3n) is 6.91. The molecule has 0 amide bonds. The van der Waals surface area contributed by atoms with Crippen molar-refractivity contribution in [1.29, 1.82) is 5.26 Å². The van der Waals surface area contributed by atoms with E-state index < -0.39 is 11.7 Å². The van der Waals surface area contributed by atoms with E-state index in [-0.39, 0.29) is 23.8 Å². The van der Waals surface area contributed by atoms with Gasteiger partial charge in [0.25, 0.3) is 0 Å². The molecule has 204 valence electrons. The predicted molar refractivity (Wildman–Crippen MR) is 139 cm³/mol. The number of halogens is 3. The van der Waals surface area contributed by atoms with Crippen LogP contribution < -0.4 is 10.1 Å². The average Bonchev–Trinajstić information content (AvgIpc) is 3.59. The van der Waals surface area contributed by atoms with Gasteiger partial charge in [0.15, 0.2) is 5.76 Å². The first-order valence-electron chi connectivity index (χ1n) is 12.9. The molecule has 11 heteroatoms. The number of allylic oxidation sites excluding steroid dienone is 1. The normalized spacial score (nSPS) is 15.6. The van der Waals surface area contributed by atoms with E-state index in [1.807, 2.05) is 4.90 Å². The number of likely N-dealkylation sites (tertiary alicyclic amines) is 1. The van der Waals surface area contributed by atoms with E-state index in [1.54, 1.807) is 30.3 Å². The maximum absolute atomic E-state index is 13.9. The monoisotopic (exact) mass is 538 g/mol. The first kappa shape index (κ1) is 26.6. The number of furan rings is 1. The summed E-state index contributed by atoms with van der Waals surface area (Å²) in [5.74, 6) is 1.35. The highest BCUT2D eigenvalue weighted by Gasteiger charge is 2.37. The van der Waals surface area contributed by atoms with Gasteiger partial charge in [-0.05, 0) is 56.3 Å². The molecule has 0 unspecified atom stereocenters. The summed E-state index contributed by atoms with van der Waals surface area (Å²) in [6.45, 7) is 8.59. The number of alkyl halides is 3. The summed E-state index contributed by atoms with van der Waals surface area (Å²) in [4.78, 5) is 12.4. The van der Waals surface area contributed by atoms with Crippen molar-refractivity contribution in [3.8, 4) is 23.3 Å². The van der Waals surface area contributed by atoms with Gasteiger partial charge >= 0.3 is 6.18 Å². The number of nitrogens with one attached hydrogen (secondary N) is 1. The van der Waals surface area contributed by atoms with Gasteiger partial charge in [0.2, 0.25) is 5.95 Å². The summed E-state index contributed by atoms with van der Waals surface area (Å²) in [5.41, 5.74) is 0.707. The Morgan fingerprint density at radius 3 is 2.67 bits per heavy atom. The standard InChI is InChI=1S/C28H29F3N6O2/c1-19(8-10-32)37-13-9-24-20(18-37)16-25(39-24)26-23(28(29,30)31)17-33-27(35-26)34-21-4-6-22(7-5-21)38-15-14-36-11-2-3-12-36/h4-7,16-17H,1-3,8-9,11-15,18H2,(H,33,34,35). The van der Waals surface area contributed by atoms with Crippen LogP contribution in [0.25, 0.3) is 11.5 Å². The van der Waals surface area contributed by atoms with Crippen molar-refractivity contribution in [1.82, 2.24) is 19.8 Å². The molecule has 0 atom stereocenters. The van der Waals surface area contributed by atoms with E-state index in [0.717, 1.165) is 31.4 Å². The lowest BCUT2D eigenvalue weighted by Crippen LogP contribution is -2.28. The topological polar surface area (TPSA) is 90.5 Å². The number of rotatable bonds is 9. The summed E-state index contributed by atoms with van der Waals surface area (Å²) in [6, 6.07) is 10.8. The van der Waals surface area contributed by atoms with Crippen LogP contribution in [0.2, 0.25) is 0 Å². The molecule has 2 aromatic heterocycles. The summed E-state index contributed by atoms with van der Waals surface area (Å²) in [7, 11) is 0. The first-order chi connectivity index (χ1) is 18.8. The van der Waals surface area contributed by atoms with Crippen LogP contribution in [0.1, 0.15) is 36.1 Å². The van der Waals surface area contributed by atoms with Gasteiger partial charge in [-0.2, -0.15) is 18.4 Å². The minimum atomic E-state index is -4.66. The first-order valence-corrected chi connectivity index (χ1v) is 12.9. The third-order valence-corrected chi connectivity index (χ3v) is 6.91. The largest absolute Gasteiger partial charge is 0.492 e. The van der Waals surface area contributed by atoms with E-state index in [1.165, 1.54) is 12.8 Å². The zero-order valence-electron chi connectivity index (χ0n) is 21.4. The van der Waals surface area contributed by atoms with Crippen molar-refractivity contribution in [2.45, 2.75) is 38.4 Å². The Morgan fingerprint density at radius 1 is 1.18 bits per heavy atom. The molecule has 1 saturated heterocycles. The number of hydrogen-bond acceptors (Lipinski definition) is 8. The molecule has 1 aromatic carbocycles. The van der Waals surface area contributed by atoms with Gasteiger partial charge in [0.1, 0.15) is 29.4 Å². The molecule has 0 bridgehead atoms. The summed E-state index contributed by atoms with van der Waals surface area (Å²) in [6.07, 6.45) is -0.761. The lowest BCUT2D eigenvalue weighted by Gasteiger charge is -2.28. The minimum Gasteiger partial charge on any atom is -0.492 e. The third kappa shape index (κ3) is 6.34.